The Hall–Kier alpha value is -0.170. The zero-order valence-electron chi connectivity index (χ0n) is 5.48. The van der Waals surface area contributed by atoms with E-state index in [-0.39, 0.29) is 0 Å². The molecule has 0 saturated heterocycles. The van der Waals surface area contributed by atoms with E-state index in [1.807, 2.05) is 17.8 Å². The van der Waals surface area contributed by atoms with Crippen LogP contribution < -0.4 is 0 Å². The molecule has 0 fully saturated rings. The van der Waals surface area contributed by atoms with Crippen LogP contribution in [0.2, 0.25) is 0 Å². The Balaban J connectivity index is 3.40. The van der Waals surface area contributed by atoms with Crippen LogP contribution in [0.1, 0.15) is 6.92 Å². The molecule has 0 aliphatic carbocycles. The van der Waals surface area contributed by atoms with E-state index in [4.69, 9.17) is 0 Å². The first kappa shape index (κ1) is 7.83. The summed E-state index contributed by atoms with van der Waals surface area (Å²) in [5.74, 6) is 1.10. The minimum atomic E-state index is 1.10. The molecule has 0 rings (SSSR count). The molecule has 0 amide bonds. The maximum Gasteiger partial charge on any atom is 0.0116 e. The van der Waals surface area contributed by atoms with Gasteiger partial charge in [-0.3, -0.25) is 0 Å². The third-order valence-electron chi connectivity index (χ3n) is 0.894. The third-order valence-corrected chi connectivity index (χ3v) is 1.39. The van der Waals surface area contributed by atoms with Gasteiger partial charge >= 0.3 is 0 Å². The van der Waals surface area contributed by atoms with E-state index in [1.54, 1.807) is 0 Å². The summed E-state index contributed by atoms with van der Waals surface area (Å²) in [6.07, 6.45) is 6.13. The fraction of sp³-hybridized carbons (Fsp3) is 0.429. The Kier molecular flexibility index (Phi) is 4.87. The first-order chi connectivity index (χ1) is 3.81. The molecule has 0 spiro atoms. The summed E-state index contributed by atoms with van der Waals surface area (Å²) in [6, 6.07) is 0. The highest BCUT2D eigenvalue weighted by atomic mass is 32.2. The minimum absolute atomic E-state index is 1.10. The van der Waals surface area contributed by atoms with Crippen molar-refractivity contribution in [2.75, 3.05) is 12.0 Å². The third kappa shape index (κ3) is 4.00. The average Bonchev–Trinajstić information content (AvgIpc) is 1.83. The van der Waals surface area contributed by atoms with Gasteiger partial charge in [0.1, 0.15) is 0 Å². The molecular formula is C7H12S. The Morgan fingerprint density at radius 1 is 1.75 bits per heavy atom. The zero-order chi connectivity index (χ0) is 6.41. The largest absolute Gasteiger partial charge is 0.161 e. The second-order valence-electron chi connectivity index (χ2n) is 1.61. The summed E-state index contributed by atoms with van der Waals surface area (Å²) < 4.78 is 0. The van der Waals surface area contributed by atoms with Crippen LogP contribution in [-0.2, 0) is 0 Å². The predicted molar refractivity (Wildman–Crippen MR) is 42.3 cm³/mol. The summed E-state index contributed by atoms with van der Waals surface area (Å²) in [5.41, 5.74) is 1.26. The molecule has 46 valence electrons. The topological polar surface area (TPSA) is 0 Å². The normalized spacial score (nSPS) is 11.5. The lowest BCUT2D eigenvalue weighted by Crippen LogP contribution is -1.70. The van der Waals surface area contributed by atoms with E-state index in [0.717, 1.165) is 5.75 Å². The van der Waals surface area contributed by atoms with Crippen molar-refractivity contribution in [1.29, 1.82) is 0 Å². The van der Waals surface area contributed by atoms with Gasteiger partial charge in [-0.15, -0.1) is 0 Å². The molecule has 1 heteroatoms. The van der Waals surface area contributed by atoms with Gasteiger partial charge in [0.2, 0.25) is 0 Å². The van der Waals surface area contributed by atoms with E-state index < -0.39 is 0 Å². The number of allylic oxidation sites excluding steroid dienone is 2. The van der Waals surface area contributed by atoms with Crippen molar-refractivity contribution < 1.29 is 0 Å². The quantitative estimate of drug-likeness (QED) is 0.526. The Morgan fingerprint density at radius 2 is 2.38 bits per heavy atom. The van der Waals surface area contributed by atoms with Gasteiger partial charge in [0.15, 0.2) is 0 Å². The van der Waals surface area contributed by atoms with Crippen molar-refractivity contribution in [1.82, 2.24) is 0 Å². The molecule has 8 heavy (non-hydrogen) atoms. The fourth-order valence-corrected chi connectivity index (χ4v) is 0.728. The minimum Gasteiger partial charge on any atom is -0.161 e. The monoisotopic (exact) mass is 128 g/mol. The fourth-order valence-electron chi connectivity index (χ4n) is 0.298. The molecule has 0 unspecified atom stereocenters. The van der Waals surface area contributed by atoms with Crippen molar-refractivity contribution >= 4 is 11.8 Å². The van der Waals surface area contributed by atoms with Crippen molar-refractivity contribution in [3.8, 4) is 0 Å². The average molecular weight is 128 g/mol. The summed E-state index contributed by atoms with van der Waals surface area (Å²) in [4.78, 5) is 0. The van der Waals surface area contributed by atoms with Gasteiger partial charge in [0.25, 0.3) is 0 Å². The van der Waals surface area contributed by atoms with E-state index in [2.05, 4.69) is 25.8 Å². The van der Waals surface area contributed by atoms with Gasteiger partial charge in [-0.1, -0.05) is 24.3 Å². The highest BCUT2D eigenvalue weighted by molar-refractivity contribution is 7.98. The highest BCUT2D eigenvalue weighted by Crippen LogP contribution is 1.97. The van der Waals surface area contributed by atoms with Crippen molar-refractivity contribution in [3.63, 3.8) is 0 Å². The molecule has 0 bridgehead atoms. The maximum atomic E-state index is 3.64. The number of rotatable bonds is 3. The van der Waals surface area contributed by atoms with Gasteiger partial charge in [-0.25, -0.2) is 0 Å². The molecule has 0 aliphatic rings. The predicted octanol–water partition coefficient (Wildman–Crippen LogP) is 2.48. The van der Waals surface area contributed by atoms with Gasteiger partial charge in [0, 0.05) is 5.75 Å². The van der Waals surface area contributed by atoms with Crippen LogP contribution in [-0.4, -0.2) is 12.0 Å². The van der Waals surface area contributed by atoms with E-state index in [1.165, 1.54) is 5.57 Å². The van der Waals surface area contributed by atoms with Gasteiger partial charge in [0.05, 0.1) is 0 Å². The van der Waals surface area contributed by atoms with Crippen LogP contribution in [0.4, 0.5) is 0 Å². The van der Waals surface area contributed by atoms with Crippen LogP contribution in [0.5, 0.6) is 0 Å². The lowest BCUT2D eigenvalue weighted by Gasteiger charge is -1.87. The highest BCUT2D eigenvalue weighted by Gasteiger charge is 1.76. The summed E-state index contributed by atoms with van der Waals surface area (Å²) in [6.45, 7) is 5.69. The maximum absolute atomic E-state index is 3.64. The molecule has 0 aromatic heterocycles. The van der Waals surface area contributed by atoms with E-state index >= 15 is 0 Å². The molecule has 0 nitrogen and oxygen atoms in total. The van der Waals surface area contributed by atoms with Crippen molar-refractivity contribution in [2.24, 2.45) is 0 Å². The first-order valence-electron chi connectivity index (χ1n) is 2.59. The van der Waals surface area contributed by atoms with Gasteiger partial charge in [-0.2, -0.15) is 11.8 Å². The standard InChI is InChI=1S/C7H12S/c1-4-7(2)5-6-8-3/h4-5H,1,6H2,2-3H3. The molecular weight excluding hydrogens is 116 g/mol. The first-order valence-corrected chi connectivity index (χ1v) is 3.98. The van der Waals surface area contributed by atoms with E-state index in [0.29, 0.717) is 0 Å². The summed E-state index contributed by atoms with van der Waals surface area (Å²) in [7, 11) is 0. The number of hydrogen-bond acceptors (Lipinski definition) is 1. The lowest BCUT2D eigenvalue weighted by atomic mass is 10.3. The van der Waals surface area contributed by atoms with Gasteiger partial charge in [-0.05, 0) is 13.2 Å². The molecule has 0 aliphatic heterocycles. The Bertz CT molecular complexity index is 92.6. The second kappa shape index (κ2) is 4.98. The van der Waals surface area contributed by atoms with E-state index in [9.17, 15) is 0 Å². The van der Waals surface area contributed by atoms with Crippen LogP contribution in [0.15, 0.2) is 24.3 Å². The molecule has 0 saturated carbocycles. The van der Waals surface area contributed by atoms with Crippen LogP contribution in [0.25, 0.3) is 0 Å². The molecule has 0 heterocycles. The molecule has 0 atom stereocenters. The summed E-state index contributed by atoms with van der Waals surface area (Å²) in [5, 5.41) is 0. The zero-order valence-corrected chi connectivity index (χ0v) is 6.29. The van der Waals surface area contributed by atoms with Crippen LogP contribution in [0.3, 0.4) is 0 Å². The smallest absolute Gasteiger partial charge is 0.0116 e. The Morgan fingerprint density at radius 3 is 2.75 bits per heavy atom. The Labute approximate surface area is 55.7 Å². The molecule has 0 aromatic rings. The molecule has 0 N–H and O–H groups in total. The van der Waals surface area contributed by atoms with Crippen LogP contribution >= 0.6 is 11.8 Å². The lowest BCUT2D eigenvalue weighted by molar-refractivity contribution is 1.50. The van der Waals surface area contributed by atoms with Crippen molar-refractivity contribution in [2.45, 2.75) is 6.92 Å². The summed E-state index contributed by atoms with van der Waals surface area (Å²) >= 11 is 1.82. The number of hydrogen-bond donors (Lipinski definition) is 0. The molecule has 0 radical (unpaired) electrons. The SMILES string of the molecule is C=CC(C)=CCSC. The van der Waals surface area contributed by atoms with Gasteiger partial charge < -0.3 is 0 Å². The molecule has 0 aromatic carbocycles. The number of thioether (sulfide) groups is 1. The second-order valence-corrected chi connectivity index (χ2v) is 2.52. The van der Waals surface area contributed by atoms with Crippen LogP contribution in [0, 0.1) is 0 Å². The van der Waals surface area contributed by atoms with Crippen molar-refractivity contribution in [3.05, 3.63) is 24.3 Å².